The van der Waals surface area contributed by atoms with Crippen LogP contribution >= 0.6 is 0 Å². The Balaban J connectivity index is 2.47. The molecule has 0 saturated heterocycles. The highest BCUT2D eigenvalue weighted by atomic mass is 16.4. The van der Waals surface area contributed by atoms with Crippen LogP contribution in [0.1, 0.15) is 38.7 Å². The third-order valence-electron chi connectivity index (χ3n) is 3.43. The summed E-state index contributed by atoms with van der Waals surface area (Å²) in [5, 5.41) is 11.5. The molecule has 0 radical (unpaired) electrons. The molecule has 0 aliphatic rings. The summed E-state index contributed by atoms with van der Waals surface area (Å²) in [6.07, 6.45) is 2.32. The first kappa shape index (κ1) is 17.0. The van der Waals surface area contributed by atoms with Gasteiger partial charge < -0.3 is 10.4 Å². The Morgan fingerprint density at radius 1 is 1.29 bits per heavy atom. The Hall–Kier alpha value is -2.04. The van der Waals surface area contributed by atoms with Crippen molar-refractivity contribution in [3.8, 4) is 0 Å². The van der Waals surface area contributed by atoms with Crippen molar-refractivity contribution >= 4 is 17.7 Å². The average Bonchev–Trinajstić information content (AvgIpc) is 2.46. The highest BCUT2D eigenvalue weighted by molar-refractivity contribution is 5.91. The van der Waals surface area contributed by atoms with E-state index >= 15 is 0 Å². The Morgan fingerprint density at radius 2 is 1.90 bits per heavy atom. The molecule has 0 aromatic heterocycles. The molecular formula is C16H24N2O3. The quantitative estimate of drug-likeness (QED) is 0.811. The fourth-order valence-corrected chi connectivity index (χ4v) is 2.01. The average molecular weight is 292 g/mol. The molecule has 0 spiro atoms. The maximum atomic E-state index is 12.1. The predicted molar refractivity (Wildman–Crippen MR) is 83.7 cm³/mol. The molecule has 1 aromatic rings. The second kappa shape index (κ2) is 8.29. The van der Waals surface area contributed by atoms with E-state index in [2.05, 4.69) is 12.2 Å². The summed E-state index contributed by atoms with van der Waals surface area (Å²) in [4.78, 5) is 24.1. The summed E-state index contributed by atoms with van der Waals surface area (Å²) >= 11 is 0. The number of carbonyl (C=O) groups excluding carboxylic acids is 1. The molecule has 0 bridgehead atoms. The Labute approximate surface area is 126 Å². The van der Waals surface area contributed by atoms with E-state index in [1.165, 1.54) is 5.56 Å². The van der Waals surface area contributed by atoms with Gasteiger partial charge in [-0.1, -0.05) is 19.1 Å². The van der Waals surface area contributed by atoms with Crippen molar-refractivity contribution < 1.29 is 14.7 Å². The molecule has 0 saturated carbocycles. The number of hydrogen-bond donors (Lipinski definition) is 2. The molecule has 0 aliphatic carbocycles. The molecule has 1 aromatic carbocycles. The number of carboxylic acids is 1. The SMILES string of the molecule is CCc1ccc(N(C)C(=O)NC(C)CCCC(=O)O)cc1. The summed E-state index contributed by atoms with van der Waals surface area (Å²) in [7, 11) is 1.72. The maximum absolute atomic E-state index is 12.1. The van der Waals surface area contributed by atoms with Gasteiger partial charge in [0.2, 0.25) is 0 Å². The van der Waals surface area contributed by atoms with E-state index in [0.717, 1.165) is 12.1 Å². The smallest absolute Gasteiger partial charge is 0.321 e. The van der Waals surface area contributed by atoms with Crippen LogP contribution in [0.15, 0.2) is 24.3 Å². The van der Waals surface area contributed by atoms with Crippen LogP contribution in [0.4, 0.5) is 10.5 Å². The minimum atomic E-state index is -0.804. The number of benzene rings is 1. The standard InChI is InChI=1S/C16H24N2O3/c1-4-13-8-10-14(11-9-13)18(3)16(21)17-12(2)6-5-7-15(19)20/h8-12H,4-7H2,1-3H3,(H,17,21)(H,19,20). The van der Waals surface area contributed by atoms with Crippen LogP contribution in [0.3, 0.4) is 0 Å². The fourth-order valence-electron chi connectivity index (χ4n) is 2.01. The van der Waals surface area contributed by atoms with Crippen molar-refractivity contribution in [1.29, 1.82) is 0 Å². The van der Waals surface area contributed by atoms with Crippen LogP contribution in [-0.4, -0.2) is 30.2 Å². The van der Waals surface area contributed by atoms with Gasteiger partial charge in [0.15, 0.2) is 0 Å². The number of rotatable bonds is 7. The van der Waals surface area contributed by atoms with Crippen molar-refractivity contribution in [2.24, 2.45) is 0 Å². The summed E-state index contributed by atoms with van der Waals surface area (Å²) in [6, 6.07) is 7.64. The second-order valence-electron chi connectivity index (χ2n) is 5.22. The Bertz CT molecular complexity index is 471. The van der Waals surface area contributed by atoms with E-state index < -0.39 is 5.97 Å². The van der Waals surface area contributed by atoms with Crippen molar-refractivity contribution in [3.63, 3.8) is 0 Å². The van der Waals surface area contributed by atoms with Gasteiger partial charge in [-0.15, -0.1) is 0 Å². The number of hydrogen-bond acceptors (Lipinski definition) is 2. The zero-order valence-electron chi connectivity index (χ0n) is 12.9. The van der Waals surface area contributed by atoms with Gasteiger partial charge in [0.1, 0.15) is 0 Å². The lowest BCUT2D eigenvalue weighted by atomic mass is 10.1. The predicted octanol–water partition coefficient (Wildman–Crippen LogP) is 3.04. The van der Waals surface area contributed by atoms with E-state index in [1.807, 2.05) is 31.2 Å². The number of carboxylic acid groups (broad SMARTS) is 1. The molecular weight excluding hydrogens is 268 g/mol. The molecule has 5 heteroatoms. The zero-order chi connectivity index (χ0) is 15.8. The monoisotopic (exact) mass is 292 g/mol. The number of urea groups is 1. The number of aryl methyl sites for hydroxylation is 1. The summed E-state index contributed by atoms with van der Waals surface area (Å²) < 4.78 is 0. The van der Waals surface area contributed by atoms with Gasteiger partial charge in [0.25, 0.3) is 0 Å². The van der Waals surface area contributed by atoms with E-state index in [1.54, 1.807) is 11.9 Å². The molecule has 2 amide bonds. The van der Waals surface area contributed by atoms with Gasteiger partial charge in [-0.05, 0) is 43.9 Å². The maximum Gasteiger partial charge on any atom is 0.321 e. The number of nitrogens with one attached hydrogen (secondary N) is 1. The topological polar surface area (TPSA) is 69.6 Å². The lowest BCUT2D eigenvalue weighted by Crippen LogP contribution is -2.42. The van der Waals surface area contributed by atoms with Gasteiger partial charge in [-0.25, -0.2) is 4.79 Å². The molecule has 5 nitrogen and oxygen atoms in total. The molecule has 0 aliphatic heterocycles. The van der Waals surface area contributed by atoms with Crippen LogP contribution in [0.2, 0.25) is 0 Å². The number of aliphatic carboxylic acids is 1. The van der Waals surface area contributed by atoms with Gasteiger partial charge in [-0.3, -0.25) is 9.69 Å². The van der Waals surface area contributed by atoms with E-state index in [-0.39, 0.29) is 18.5 Å². The lowest BCUT2D eigenvalue weighted by molar-refractivity contribution is -0.137. The summed E-state index contributed by atoms with van der Waals surface area (Å²) in [6.45, 7) is 3.97. The number of nitrogens with zero attached hydrogens (tertiary/aromatic N) is 1. The van der Waals surface area contributed by atoms with Crippen LogP contribution in [0, 0.1) is 0 Å². The molecule has 2 N–H and O–H groups in total. The van der Waals surface area contributed by atoms with E-state index in [0.29, 0.717) is 12.8 Å². The van der Waals surface area contributed by atoms with Crippen molar-refractivity contribution in [1.82, 2.24) is 5.32 Å². The van der Waals surface area contributed by atoms with Gasteiger partial charge in [0.05, 0.1) is 0 Å². The first-order chi connectivity index (χ1) is 9.93. The van der Waals surface area contributed by atoms with E-state index in [4.69, 9.17) is 5.11 Å². The molecule has 116 valence electrons. The van der Waals surface area contributed by atoms with E-state index in [9.17, 15) is 9.59 Å². The largest absolute Gasteiger partial charge is 0.481 e. The summed E-state index contributed by atoms with van der Waals surface area (Å²) in [5.41, 5.74) is 2.07. The van der Waals surface area contributed by atoms with Crippen LogP contribution in [0.5, 0.6) is 0 Å². The molecule has 21 heavy (non-hydrogen) atoms. The summed E-state index contributed by atoms with van der Waals surface area (Å²) in [5.74, 6) is -0.804. The molecule has 1 atom stereocenters. The molecule has 1 rings (SSSR count). The highest BCUT2D eigenvalue weighted by Gasteiger charge is 2.13. The third kappa shape index (κ3) is 5.85. The van der Waals surface area contributed by atoms with Crippen molar-refractivity contribution in [2.45, 2.75) is 45.6 Å². The highest BCUT2D eigenvalue weighted by Crippen LogP contribution is 2.14. The zero-order valence-corrected chi connectivity index (χ0v) is 12.9. The first-order valence-corrected chi connectivity index (χ1v) is 7.29. The minimum Gasteiger partial charge on any atom is -0.481 e. The Kier molecular flexibility index (Phi) is 6.72. The Morgan fingerprint density at radius 3 is 2.43 bits per heavy atom. The third-order valence-corrected chi connectivity index (χ3v) is 3.43. The molecule has 1 unspecified atom stereocenters. The molecule has 0 fully saturated rings. The second-order valence-corrected chi connectivity index (χ2v) is 5.22. The minimum absolute atomic E-state index is 0.0470. The van der Waals surface area contributed by atoms with Crippen molar-refractivity contribution in [2.75, 3.05) is 11.9 Å². The van der Waals surface area contributed by atoms with Crippen LogP contribution < -0.4 is 10.2 Å². The molecule has 0 heterocycles. The van der Waals surface area contributed by atoms with Gasteiger partial charge >= 0.3 is 12.0 Å². The van der Waals surface area contributed by atoms with Crippen LogP contribution in [0.25, 0.3) is 0 Å². The normalized spacial score (nSPS) is 11.8. The van der Waals surface area contributed by atoms with Crippen LogP contribution in [-0.2, 0) is 11.2 Å². The number of carbonyl (C=O) groups is 2. The first-order valence-electron chi connectivity index (χ1n) is 7.29. The fraction of sp³-hybridized carbons (Fsp3) is 0.500. The number of amides is 2. The van der Waals surface area contributed by atoms with Crippen molar-refractivity contribution in [3.05, 3.63) is 29.8 Å². The van der Waals surface area contributed by atoms with Gasteiger partial charge in [0, 0.05) is 25.2 Å². The number of anilines is 1. The van der Waals surface area contributed by atoms with Gasteiger partial charge in [-0.2, -0.15) is 0 Å². The lowest BCUT2D eigenvalue weighted by Gasteiger charge is -2.21.